The predicted molar refractivity (Wildman–Crippen MR) is 86.3 cm³/mol. The Morgan fingerprint density at radius 3 is 2.61 bits per heavy atom. The SMILES string of the molecule is COc1nc(C)cc2cc3c(c(OC)c12)[C@](C=O)(C(C)=O)CC3. The molecule has 0 aliphatic heterocycles. The number of nitrogens with zero attached hydrogens (tertiary/aromatic N) is 1. The van der Waals surface area contributed by atoms with E-state index < -0.39 is 5.41 Å². The summed E-state index contributed by atoms with van der Waals surface area (Å²) in [5.41, 5.74) is 1.34. The van der Waals surface area contributed by atoms with Gasteiger partial charge in [-0.25, -0.2) is 4.98 Å². The largest absolute Gasteiger partial charge is 0.496 e. The van der Waals surface area contributed by atoms with Crippen LogP contribution >= 0.6 is 0 Å². The number of benzene rings is 1. The molecule has 1 heterocycles. The summed E-state index contributed by atoms with van der Waals surface area (Å²) in [6.07, 6.45) is 1.90. The molecule has 0 fully saturated rings. The lowest BCUT2D eigenvalue weighted by Gasteiger charge is -2.24. The van der Waals surface area contributed by atoms with Crippen LogP contribution in [0.4, 0.5) is 0 Å². The molecule has 1 aromatic carbocycles. The van der Waals surface area contributed by atoms with Crippen LogP contribution in [0.25, 0.3) is 10.8 Å². The number of pyridine rings is 1. The molecule has 0 N–H and O–H groups in total. The zero-order valence-electron chi connectivity index (χ0n) is 13.7. The molecular formula is C18H19NO4. The number of ketones is 1. The third-order valence-corrected chi connectivity index (χ3v) is 4.71. The number of rotatable bonds is 4. The average molecular weight is 313 g/mol. The van der Waals surface area contributed by atoms with Gasteiger partial charge in [0.15, 0.2) is 0 Å². The predicted octanol–water partition coefficient (Wildman–Crippen LogP) is 2.53. The van der Waals surface area contributed by atoms with Crippen molar-refractivity contribution in [1.82, 2.24) is 4.98 Å². The zero-order chi connectivity index (χ0) is 16.8. The first kappa shape index (κ1) is 15.5. The van der Waals surface area contributed by atoms with Crippen LogP contribution < -0.4 is 9.47 Å². The number of aromatic nitrogens is 1. The summed E-state index contributed by atoms with van der Waals surface area (Å²) >= 11 is 0. The highest BCUT2D eigenvalue weighted by Crippen LogP contribution is 2.49. The van der Waals surface area contributed by atoms with E-state index >= 15 is 0 Å². The van der Waals surface area contributed by atoms with E-state index in [-0.39, 0.29) is 5.78 Å². The first-order valence-electron chi connectivity index (χ1n) is 7.51. The van der Waals surface area contributed by atoms with Gasteiger partial charge >= 0.3 is 0 Å². The summed E-state index contributed by atoms with van der Waals surface area (Å²) < 4.78 is 11.0. The minimum absolute atomic E-state index is 0.164. The Balaban J connectivity index is 2.47. The van der Waals surface area contributed by atoms with Crippen LogP contribution in [0.3, 0.4) is 0 Å². The molecule has 5 nitrogen and oxygen atoms in total. The highest BCUT2D eigenvalue weighted by Gasteiger charge is 2.46. The number of ether oxygens (including phenoxy) is 2. The summed E-state index contributed by atoms with van der Waals surface area (Å²) in [4.78, 5) is 28.5. The van der Waals surface area contributed by atoms with Crippen molar-refractivity contribution >= 4 is 22.8 Å². The van der Waals surface area contributed by atoms with Gasteiger partial charge in [0.05, 0.1) is 19.6 Å². The minimum atomic E-state index is -1.13. The zero-order valence-corrected chi connectivity index (χ0v) is 13.7. The number of aldehydes is 1. The van der Waals surface area contributed by atoms with E-state index in [1.54, 1.807) is 14.2 Å². The molecule has 0 radical (unpaired) electrons. The summed E-state index contributed by atoms with van der Waals surface area (Å²) in [7, 11) is 3.09. The lowest BCUT2D eigenvalue weighted by atomic mass is 9.78. The standard InChI is InChI=1S/C18H19NO4/c1-10-7-13-8-12-5-6-18(9-20,11(2)21)15(12)16(22-3)14(13)17(19-10)23-4/h7-9H,5-6H2,1-4H3/t18-/m1/s1. The highest BCUT2D eigenvalue weighted by atomic mass is 16.5. The molecule has 0 amide bonds. The first-order valence-corrected chi connectivity index (χ1v) is 7.51. The van der Waals surface area contributed by atoms with E-state index in [1.165, 1.54) is 6.92 Å². The monoisotopic (exact) mass is 313 g/mol. The van der Waals surface area contributed by atoms with Gasteiger partial charge in [-0.3, -0.25) is 4.79 Å². The van der Waals surface area contributed by atoms with E-state index in [9.17, 15) is 9.59 Å². The molecule has 3 rings (SSSR count). The lowest BCUT2D eigenvalue weighted by Crippen LogP contribution is -2.33. The number of aryl methyl sites for hydroxylation is 2. The van der Waals surface area contributed by atoms with Crippen LogP contribution in [0.1, 0.15) is 30.2 Å². The summed E-state index contributed by atoms with van der Waals surface area (Å²) in [5, 5.41) is 1.64. The Hall–Kier alpha value is -2.43. The van der Waals surface area contributed by atoms with Gasteiger partial charge in [0.2, 0.25) is 5.88 Å². The highest BCUT2D eigenvalue weighted by molar-refractivity contribution is 6.08. The number of hydrogen-bond donors (Lipinski definition) is 0. The first-order chi connectivity index (χ1) is 11.0. The maximum atomic E-state index is 12.2. The molecule has 0 saturated carbocycles. The second kappa shape index (κ2) is 5.33. The molecule has 2 aromatic rings. The Labute approximate surface area is 134 Å². The van der Waals surface area contributed by atoms with Crippen molar-refractivity contribution < 1.29 is 19.1 Å². The van der Waals surface area contributed by atoms with Crippen molar-refractivity contribution in [1.29, 1.82) is 0 Å². The maximum Gasteiger partial charge on any atom is 0.225 e. The number of fused-ring (bicyclic) bond motifs is 2. The average Bonchev–Trinajstić information content (AvgIpc) is 2.91. The molecule has 120 valence electrons. The van der Waals surface area contributed by atoms with Gasteiger partial charge in [0.1, 0.15) is 23.2 Å². The molecule has 0 bridgehead atoms. The molecule has 1 aliphatic carbocycles. The number of carbonyl (C=O) groups excluding carboxylic acids is 2. The maximum absolute atomic E-state index is 12.2. The fourth-order valence-electron chi connectivity index (χ4n) is 3.59. The van der Waals surface area contributed by atoms with E-state index in [2.05, 4.69) is 4.98 Å². The van der Waals surface area contributed by atoms with E-state index in [0.29, 0.717) is 35.4 Å². The van der Waals surface area contributed by atoms with Crippen molar-refractivity contribution in [2.24, 2.45) is 0 Å². The lowest BCUT2D eigenvalue weighted by molar-refractivity contribution is -0.128. The van der Waals surface area contributed by atoms with Gasteiger partial charge in [-0.05, 0) is 43.7 Å². The fraction of sp³-hybridized carbons (Fsp3) is 0.389. The second-order valence-electron chi connectivity index (χ2n) is 5.96. The normalized spacial score (nSPS) is 19.5. The van der Waals surface area contributed by atoms with Crippen LogP contribution in [0.15, 0.2) is 12.1 Å². The third kappa shape index (κ3) is 2.03. The van der Waals surface area contributed by atoms with Crippen molar-refractivity contribution in [3.05, 3.63) is 29.0 Å². The Morgan fingerprint density at radius 2 is 2.04 bits per heavy atom. The van der Waals surface area contributed by atoms with Crippen molar-refractivity contribution in [3.8, 4) is 11.6 Å². The molecule has 0 saturated heterocycles. The van der Waals surface area contributed by atoms with Crippen molar-refractivity contribution in [2.75, 3.05) is 14.2 Å². The number of Topliss-reactive ketones (excluding diaryl/α,β-unsaturated/α-hetero) is 1. The van der Waals surface area contributed by atoms with Gasteiger partial charge in [0.25, 0.3) is 0 Å². The Bertz CT molecular complexity index is 828. The molecular weight excluding hydrogens is 294 g/mol. The van der Waals surface area contributed by atoms with Crippen LogP contribution in [-0.2, 0) is 21.4 Å². The van der Waals surface area contributed by atoms with Gasteiger partial charge < -0.3 is 14.3 Å². The topological polar surface area (TPSA) is 65.5 Å². The van der Waals surface area contributed by atoms with Gasteiger partial charge in [-0.1, -0.05) is 6.07 Å². The van der Waals surface area contributed by atoms with Gasteiger partial charge in [-0.15, -0.1) is 0 Å². The van der Waals surface area contributed by atoms with Crippen LogP contribution in [0.5, 0.6) is 11.6 Å². The third-order valence-electron chi connectivity index (χ3n) is 4.71. The molecule has 5 heteroatoms. The minimum Gasteiger partial charge on any atom is -0.496 e. The summed E-state index contributed by atoms with van der Waals surface area (Å²) in [6, 6.07) is 3.97. The van der Waals surface area contributed by atoms with Crippen LogP contribution in [0, 0.1) is 6.92 Å². The van der Waals surface area contributed by atoms with Crippen molar-refractivity contribution in [2.45, 2.75) is 32.1 Å². The van der Waals surface area contributed by atoms with E-state index in [4.69, 9.17) is 9.47 Å². The molecule has 23 heavy (non-hydrogen) atoms. The van der Waals surface area contributed by atoms with Gasteiger partial charge in [0, 0.05) is 11.3 Å². The van der Waals surface area contributed by atoms with Crippen molar-refractivity contribution in [3.63, 3.8) is 0 Å². The Morgan fingerprint density at radius 1 is 1.30 bits per heavy atom. The summed E-state index contributed by atoms with van der Waals surface area (Å²) in [5.74, 6) is 0.791. The second-order valence-corrected chi connectivity index (χ2v) is 5.96. The summed E-state index contributed by atoms with van der Waals surface area (Å²) in [6.45, 7) is 3.35. The molecule has 0 unspecified atom stereocenters. The van der Waals surface area contributed by atoms with E-state index in [1.807, 2.05) is 19.1 Å². The number of hydrogen-bond acceptors (Lipinski definition) is 5. The number of methoxy groups -OCH3 is 2. The quantitative estimate of drug-likeness (QED) is 0.641. The van der Waals surface area contributed by atoms with Crippen LogP contribution in [-0.4, -0.2) is 31.3 Å². The molecule has 1 aromatic heterocycles. The fourth-order valence-corrected chi connectivity index (χ4v) is 3.59. The number of carbonyl (C=O) groups is 2. The Kier molecular flexibility index (Phi) is 3.59. The van der Waals surface area contributed by atoms with Crippen LogP contribution in [0.2, 0.25) is 0 Å². The van der Waals surface area contributed by atoms with Gasteiger partial charge in [-0.2, -0.15) is 0 Å². The molecule has 0 spiro atoms. The smallest absolute Gasteiger partial charge is 0.225 e. The molecule has 1 aliphatic rings. The molecule has 1 atom stereocenters. The van der Waals surface area contributed by atoms with E-state index in [0.717, 1.165) is 22.9 Å².